The molecule has 0 saturated heterocycles. The molecule has 1 heterocycles. The number of hydrogen-bond acceptors (Lipinski definition) is 2. The molecule has 29 heavy (non-hydrogen) atoms. The maximum atomic E-state index is 12.4. The summed E-state index contributed by atoms with van der Waals surface area (Å²) in [4.78, 5) is 27.4. The van der Waals surface area contributed by atoms with Crippen LogP contribution >= 0.6 is 0 Å². The Hall–Kier alpha value is -3.66. The van der Waals surface area contributed by atoms with Crippen molar-refractivity contribution in [3.8, 4) is 0 Å². The Labute approximate surface area is 169 Å². The van der Waals surface area contributed by atoms with E-state index >= 15 is 0 Å². The summed E-state index contributed by atoms with van der Waals surface area (Å²) in [5.74, 6) is -0.349. The zero-order chi connectivity index (χ0) is 20.1. The van der Waals surface area contributed by atoms with Crippen LogP contribution in [0.25, 0.3) is 10.9 Å². The minimum absolute atomic E-state index is 0.141. The van der Waals surface area contributed by atoms with Crippen molar-refractivity contribution in [1.29, 1.82) is 0 Å². The second-order valence-electron chi connectivity index (χ2n) is 7.08. The number of hydrogen-bond donors (Lipinski definition) is 2. The normalized spacial score (nSPS) is 10.8. The molecule has 0 radical (unpaired) electrons. The number of para-hydroxylation sites is 1. The first-order chi connectivity index (χ1) is 14.2. The highest BCUT2D eigenvalue weighted by atomic mass is 16.2. The molecule has 0 fully saturated rings. The molecule has 1 amide bonds. The molecule has 0 aliphatic heterocycles. The summed E-state index contributed by atoms with van der Waals surface area (Å²) in [5, 5.41) is 3.69. The number of amides is 1. The standard InChI is InChI=1S/C25H22N2O2/c28-24(22-17-21-8-4-5-9-23(21)27-25(22)29)26-15-14-18-10-12-20(13-11-18)16-19-6-2-1-3-7-19/h1-13,17H,14-16H2,(H,26,28)(H,27,29). The van der Waals surface area contributed by atoms with Gasteiger partial charge in [0.25, 0.3) is 11.5 Å². The highest BCUT2D eigenvalue weighted by Gasteiger charge is 2.11. The highest BCUT2D eigenvalue weighted by molar-refractivity contribution is 5.97. The van der Waals surface area contributed by atoms with Crippen LogP contribution in [0.1, 0.15) is 27.0 Å². The predicted molar refractivity (Wildman–Crippen MR) is 116 cm³/mol. The number of carbonyl (C=O) groups is 1. The third-order valence-electron chi connectivity index (χ3n) is 4.97. The minimum Gasteiger partial charge on any atom is -0.352 e. The summed E-state index contributed by atoms with van der Waals surface area (Å²) in [7, 11) is 0. The largest absolute Gasteiger partial charge is 0.352 e. The van der Waals surface area contributed by atoms with Gasteiger partial charge in [0.05, 0.1) is 0 Å². The van der Waals surface area contributed by atoms with E-state index in [-0.39, 0.29) is 17.0 Å². The molecule has 0 atom stereocenters. The molecule has 0 spiro atoms. The molecule has 0 bridgehead atoms. The van der Waals surface area contributed by atoms with E-state index in [1.54, 1.807) is 6.07 Å². The predicted octanol–water partition coefficient (Wildman–Crippen LogP) is 4.09. The Bertz CT molecular complexity index is 1180. The second kappa shape index (κ2) is 8.57. The van der Waals surface area contributed by atoms with Gasteiger partial charge in [0, 0.05) is 12.1 Å². The van der Waals surface area contributed by atoms with Gasteiger partial charge in [0.2, 0.25) is 0 Å². The van der Waals surface area contributed by atoms with E-state index in [9.17, 15) is 9.59 Å². The third kappa shape index (κ3) is 4.61. The van der Waals surface area contributed by atoms with E-state index < -0.39 is 0 Å². The highest BCUT2D eigenvalue weighted by Crippen LogP contribution is 2.12. The Kier molecular flexibility index (Phi) is 5.52. The molecule has 4 rings (SSSR count). The number of fused-ring (bicyclic) bond motifs is 1. The monoisotopic (exact) mass is 382 g/mol. The molecular formula is C25H22N2O2. The van der Waals surface area contributed by atoms with Crippen molar-refractivity contribution < 1.29 is 4.79 Å². The van der Waals surface area contributed by atoms with Gasteiger partial charge in [-0.3, -0.25) is 9.59 Å². The lowest BCUT2D eigenvalue weighted by Crippen LogP contribution is -2.31. The number of pyridine rings is 1. The summed E-state index contributed by atoms with van der Waals surface area (Å²) in [5.41, 5.74) is 4.19. The molecule has 2 N–H and O–H groups in total. The first-order valence-corrected chi connectivity index (χ1v) is 9.71. The van der Waals surface area contributed by atoms with Crippen LogP contribution < -0.4 is 10.9 Å². The van der Waals surface area contributed by atoms with Crippen LogP contribution in [0, 0.1) is 0 Å². The number of nitrogens with one attached hydrogen (secondary N) is 2. The maximum absolute atomic E-state index is 12.4. The number of benzene rings is 3. The quantitative estimate of drug-likeness (QED) is 0.528. The molecule has 0 saturated carbocycles. The zero-order valence-electron chi connectivity index (χ0n) is 16.0. The van der Waals surface area contributed by atoms with Crippen LogP contribution in [-0.2, 0) is 12.8 Å². The lowest BCUT2D eigenvalue weighted by molar-refractivity contribution is 0.0953. The number of carbonyl (C=O) groups excluding carboxylic acids is 1. The summed E-state index contributed by atoms with van der Waals surface area (Å²) in [6.45, 7) is 0.475. The Morgan fingerprint density at radius 2 is 1.45 bits per heavy atom. The fourth-order valence-corrected chi connectivity index (χ4v) is 3.39. The molecule has 3 aromatic carbocycles. The molecule has 4 heteroatoms. The Morgan fingerprint density at radius 1 is 0.793 bits per heavy atom. The van der Waals surface area contributed by atoms with Crippen LogP contribution in [0.2, 0.25) is 0 Å². The van der Waals surface area contributed by atoms with Crippen molar-refractivity contribution in [2.75, 3.05) is 6.54 Å². The number of H-pyrrole nitrogens is 1. The maximum Gasteiger partial charge on any atom is 0.261 e. The van der Waals surface area contributed by atoms with Crippen LogP contribution in [0.5, 0.6) is 0 Å². The molecular weight excluding hydrogens is 360 g/mol. The fraction of sp³-hybridized carbons (Fsp3) is 0.120. The molecule has 1 aromatic heterocycles. The van der Waals surface area contributed by atoms with Gasteiger partial charge in [-0.25, -0.2) is 0 Å². The smallest absolute Gasteiger partial charge is 0.261 e. The van der Waals surface area contributed by atoms with E-state index in [4.69, 9.17) is 0 Å². The van der Waals surface area contributed by atoms with Crippen LogP contribution in [-0.4, -0.2) is 17.4 Å². The minimum atomic E-state index is -0.369. The van der Waals surface area contributed by atoms with Crippen molar-refractivity contribution in [3.05, 3.63) is 118 Å². The summed E-state index contributed by atoms with van der Waals surface area (Å²) >= 11 is 0. The average molecular weight is 382 g/mol. The van der Waals surface area contributed by atoms with Gasteiger partial charge >= 0.3 is 0 Å². The molecule has 0 unspecified atom stereocenters. The first kappa shape index (κ1) is 18.7. The molecule has 144 valence electrons. The Morgan fingerprint density at radius 3 is 2.24 bits per heavy atom. The molecule has 0 aliphatic rings. The van der Waals surface area contributed by atoms with Crippen molar-refractivity contribution in [3.63, 3.8) is 0 Å². The third-order valence-corrected chi connectivity index (χ3v) is 4.97. The van der Waals surface area contributed by atoms with Gasteiger partial charge in [-0.15, -0.1) is 0 Å². The van der Waals surface area contributed by atoms with Crippen molar-refractivity contribution in [2.24, 2.45) is 0 Å². The number of rotatable bonds is 6. The van der Waals surface area contributed by atoms with Crippen molar-refractivity contribution >= 4 is 16.8 Å². The lowest BCUT2D eigenvalue weighted by Gasteiger charge is -2.07. The SMILES string of the molecule is O=C(NCCc1ccc(Cc2ccccc2)cc1)c1cc2ccccc2[nH]c1=O. The van der Waals surface area contributed by atoms with Crippen LogP contribution in [0.4, 0.5) is 0 Å². The summed E-state index contributed by atoms with van der Waals surface area (Å²) in [6, 6.07) is 27.9. The Balaban J connectivity index is 1.34. The first-order valence-electron chi connectivity index (χ1n) is 9.71. The average Bonchev–Trinajstić information content (AvgIpc) is 2.75. The van der Waals surface area contributed by atoms with E-state index in [1.807, 2.05) is 42.5 Å². The van der Waals surface area contributed by atoms with Gasteiger partial charge < -0.3 is 10.3 Å². The van der Waals surface area contributed by atoms with E-state index in [1.165, 1.54) is 11.1 Å². The summed E-state index contributed by atoms with van der Waals surface area (Å²) < 4.78 is 0. The fourth-order valence-electron chi connectivity index (χ4n) is 3.39. The summed E-state index contributed by atoms with van der Waals surface area (Å²) in [6.07, 6.45) is 1.62. The van der Waals surface area contributed by atoms with E-state index in [0.29, 0.717) is 13.0 Å². The molecule has 4 nitrogen and oxygen atoms in total. The van der Waals surface area contributed by atoms with Crippen molar-refractivity contribution in [1.82, 2.24) is 10.3 Å². The number of aromatic nitrogens is 1. The topological polar surface area (TPSA) is 62.0 Å². The van der Waals surface area contributed by atoms with Crippen molar-refractivity contribution in [2.45, 2.75) is 12.8 Å². The zero-order valence-corrected chi connectivity index (χ0v) is 16.0. The lowest BCUT2D eigenvalue weighted by atomic mass is 10.0. The van der Waals surface area contributed by atoms with E-state index in [0.717, 1.165) is 22.9 Å². The second-order valence-corrected chi connectivity index (χ2v) is 7.08. The van der Waals surface area contributed by atoms with Crippen LogP contribution in [0.15, 0.2) is 89.7 Å². The molecule has 0 aliphatic carbocycles. The molecule has 4 aromatic rings. The number of aromatic amines is 1. The van der Waals surface area contributed by atoms with Gasteiger partial charge in [-0.1, -0.05) is 72.8 Å². The van der Waals surface area contributed by atoms with Gasteiger partial charge in [-0.05, 0) is 47.1 Å². The van der Waals surface area contributed by atoms with Gasteiger partial charge in [0.1, 0.15) is 5.56 Å². The van der Waals surface area contributed by atoms with E-state index in [2.05, 4.69) is 46.7 Å². The van der Waals surface area contributed by atoms with Gasteiger partial charge in [0.15, 0.2) is 0 Å². The van der Waals surface area contributed by atoms with Gasteiger partial charge in [-0.2, -0.15) is 0 Å². The van der Waals surface area contributed by atoms with Crippen LogP contribution in [0.3, 0.4) is 0 Å².